The molecule has 0 spiro atoms. The third kappa shape index (κ3) is 4.18. The van der Waals surface area contributed by atoms with E-state index in [1.54, 1.807) is 0 Å². The molecule has 0 aromatic heterocycles. The lowest BCUT2D eigenvalue weighted by molar-refractivity contribution is 0.370. The van der Waals surface area contributed by atoms with E-state index in [0.29, 0.717) is 6.61 Å². The summed E-state index contributed by atoms with van der Waals surface area (Å²) in [5, 5.41) is 3.07. The Morgan fingerprint density at radius 1 is 1.36 bits per heavy atom. The molecule has 0 amide bonds. The summed E-state index contributed by atoms with van der Waals surface area (Å²) < 4.78 is 5.23. The number of rotatable bonds is 4. The maximum atomic E-state index is 5.23. The molecule has 0 radical (unpaired) electrons. The van der Waals surface area contributed by atoms with Crippen molar-refractivity contribution in [1.82, 2.24) is 5.32 Å². The molecule has 1 N–H and O–H groups in total. The monoisotopic (exact) mass is 211 g/mol. The van der Waals surface area contributed by atoms with E-state index in [-0.39, 0.29) is 12.4 Å². The van der Waals surface area contributed by atoms with Crippen LogP contribution in [-0.2, 0) is 6.54 Å². The van der Waals surface area contributed by atoms with Gasteiger partial charge in [-0.3, -0.25) is 0 Å². The van der Waals surface area contributed by atoms with Gasteiger partial charge in [-0.05, 0) is 24.7 Å². The topological polar surface area (TPSA) is 21.3 Å². The molecule has 0 atom stereocenters. The average Bonchev–Trinajstić information content (AvgIpc) is 2.17. The highest BCUT2D eigenvalue weighted by atomic mass is 35.5. The van der Waals surface area contributed by atoms with E-state index in [9.17, 15) is 0 Å². The van der Waals surface area contributed by atoms with Gasteiger partial charge in [0.1, 0.15) is 12.4 Å². The molecule has 0 unspecified atom stereocenters. The van der Waals surface area contributed by atoms with E-state index in [2.05, 4.69) is 11.2 Å². The SMILES string of the molecule is C#CCOc1ccc(CNC)cc1.Cl. The van der Waals surface area contributed by atoms with E-state index in [4.69, 9.17) is 11.2 Å². The second-order valence-electron chi connectivity index (χ2n) is 2.67. The predicted molar refractivity (Wildman–Crippen MR) is 60.8 cm³/mol. The summed E-state index contributed by atoms with van der Waals surface area (Å²) in [7, 11) is 1.92. The quantitative estimate of drug-likeness (QED) is 0.768. The Morgan fingerprint density at radius 2 is 2.00 bits per heavy atom. The zero-order chi connectivity index (χ0) is 9.52. The van der Waals surface area contributed by atoms with Crippen LogP contribution in [-0.4, -0.2) is 13.7 Å². The van der Waals surface area contributed by atoms with Gasteiger partial charge in [0.15, 0.2) is 0 Å². The van der Waals surface area contributed by atoms with Crippen molar-refractivity contribution in [2.45, 2.75) is 6.54 Å². The highest BCUT2D eigenvalue weighted by Crippen LogP contribution is 2.11. The average molecular weight is 212 g/mol. The van der Waals surface area contributed by atoms with Crippen molar-refractivity contribution in [2.24, 2.45) is 0 Å². The van der Waals surface area contributed by atoms with Crippen molar-refractivity contribution >= 4 is 12.4 Å². The molecule has 0 saturated carbocycles. The van der Waals surface area contributed by atoms with Crippen molar-refractivity contribution in [1.29, 1.82) is 0 Å². The van der Waals surface area contributed by atoms with Crippen LogP contribution in [0, 0.1) is 12.3 Å². The molecule has 0 aliphatic rings. The van der Waals surface area contributed by atoms with Gasteiger partial charge in [-0.15, -0.1) is 18.8 Å². The second kappa shape index (κ2) is 7.25. The van der Waals surface area contributed by atoms with Gasteiger partial charge >= 0.3 is 0 Å². The molecular formula is C11H14ClNO. The summed E-state index contributed by atoms with van der Waals surface area (Å²) in [4.78, 5) is 0. The van der Waals surface area contributed by atoms with E-state index >= 15 is 0 Å². The fourth-order valence-electron chi connectivity index (χ4n) is 1.03. The lowest BCUT2D eigenvalue weighted by Crippen LogP contribution is -2.04. The zero-order valence-electron chi connectivity index (χ0n) is 8.12. The number of hydrogen-bond donors (Lipinski definition) is 1. The smallest absolute Gasteiger partial charge is 0.148 e. The Bertz CT molecular complexity index is 289. The highest BCUT2D eigenvalue weighted by molar-refractivity contribution is 5.85. The van der Waals surface area contributed by atoms with Crippen molar-refractivity contribution in [3.8, 4) is 18.1 Å². The van der Waals surface area contributed by atoms with E-state index in [0.717, 1.165) is 12.3 Å². The number of ether oxygens (including phenoxy) is 1. The first-order valence-corrected chi connectivity index (χ1v) is 4.16. The first-order chi connectivity index (χ1) is 6.36. The predicted octanol–water partition coefficient (Wildman–Crippen LogP) is 1.84. The number of hydrogen-bond acceptors (Lipinski definition) is 2. The summed E-state index contributed by atoms with van der Waals surface area (Å²) >= 11 is 0. The zero-order valence-corrected chi connectivity index (χ0v) is 8.93. The highest BCUT2D eigenvalue weighted by Gasteiger charge is 1.92. The van der Waals surface area contributed by atoms with Crippen LogP contribution < -0.4 is 10.1 Å². The molecule has 0 bridgehead atoms. The number of halogens is 1. The van der Waals surface area contributed by atoms with Crippen LogP contribution in [0.15, 0.2) is 24.3 Å². The fourth-order valence-corrected chi connectivity index (χ4v) is 1.03. The van der Waals surface area contributed by atoms with Crippen molar-refractivity contribution < 1.29 is 4.74 Å². The minimum Gasteiger partial charge on any atom is -0.481 e. The van der Waals surface area contributed by atoms with Crippen LogP contribution in [0.1, 0.15) is 5.56 Å². The largest absolute Gasteiger partial charge is 0.481 e. The van der Waals surface area contributed by atoms with Crippen LogP contribution in [0.25, 0.3) is 0 Å². The lowest BCUT2D eigenvalue weighted by atomic mass is 10.2. The van der Waals surface area contributed by atoms with Gasteiger partial charge in [-0.1, -0.05) is 18.1 Å². The van der Waals surface area contributed by atoms with Gasteiger partial charge in [-0.25, -0.2) is 0 Å². The van der Waals surface area contributed by atoms with E-state index in [1.165, 1.54) is 5.56 Å². The molecule has 0 saturated heterocycles. The molecule has 0 aliphatic carbocycles. The van der Waals surface area contributed by atoms with Crippen LogP contribution in [0.2, 0.25) is 0 Å². The third-order valence-corrected chi connectivity index (χ3v) is 1.63. The molecule has 0 fully saturated rings. The molecule has 0 heterocycles. The summed E-state index contributed by atoms with van der Waals surface area (Å²) in [6.07, 6.45) is 5.07. The molecule has 1 aromatic rings. The van der Waals surface area contributed by atoms with Gasteiger partial charge in [0.25, 0.3) is 0 Å². The minimum absolute atomic E-state index is 0. The maximum absolute atomic E-state index is 5.23. The Balaban J connectivity index is 0.00000169. The Labute approximate surface area is 91.1 Å². The van der Waals surface area contributed by atoms with Gasteiger partial charge in [0.05, 0.1) is 0 Å². The van der Waals surface area contributed by atoms with Crippen molar-refractivity contribution in [3.05, 3.63) is 29.8 Å². The van der Waals surface area contributed by atoms with Crippen LogP contribution in [0.5, 0.6) is 5.75 Å². The van der Waals surface area contributed by atoms with E-state index in [1.807, 2.05) is 31.3 Å². The maximum Gasteiger partial charge on any atom is 0.148 e. The molecule has 2 nitrogen and oxygen atoms in total. The number of nitrogens with one attached hydrogen (secondary N) is 1. The van der Waals surface area contributed by atoms with Crippen LogP contribution in [0.3, 0.4) is 0 Å². The number of terminal acetylenes is 1. The van der Waals surface area contributed by atoms with Crippen LogP contribution in [0.4, 0.5) is 0 Å². The van der Waals surface area contributed by atoms with Gasteiger partial charge in [0, 0.05) is 6.54 Å². The summed E-state index contributed by atoms with van der Waals surface area (Å²) in [6.45, 7) is 1.20. The molecule has 0 aliphatic heterocycles. The second-order valence-corrected chi connectivity index (χ2v) is 2.67. The van der Waals surface area contributed by atoms with Gasteiger partial charge in [-0.2, -0.15) is 0 Å². The Kier molecular flexibility index (Phi) is 6.65. The normalized spacial score (nSPS) is 8.57. The van der Waals surface area contributed by atoms with Crippen LogP contribution >= 0.6 is 12.4 Å². The number of benzene rings is 1. The minimum atomic E-state index is 0. The van der Waals surface area contributed by atoms with Crippen molar-refractivity contribution in [3.63, 3.8) is 0 Å². The molecule has 3 heteroatoms. The lowest BCUT2D eigenvalue weighted by Gasteiger charge is -2.03. The molecule has 76 valence electrons. The van der Waals surface area contributed by atoms with E-state index < -0.39 is 0 Å². The molecular weight excluding hydrogens is 198 g/mol. The first kappa shape index (κ1) is 12.8. The Hall–Kier alpha value is -1.17. The molecule has 1 aromatic carbocycles. The third-order valence-electron chi connectivity index (χ3n) is 1.63. The summed E-state index contributed by atoms with van der Waals surface area (Å²) in [6, 6.07) is 7.87. The van der Waals surface area contributed by atoms with Crippen molar-refractivity contribution in [2.75, 3.05) is 13.7 Å². The fraction of sp³-hybridized carbons (Fsp3) is 0.273. The molecule has 1 rings (SSSR count). The molecule has 14 heavy (non-hydrogen) atoms. The van der Waals surface area contributed by atoms with Gasteiger partial charge < -0.3 is 10.1 Å². The Morgan fingerprint density at radius 3 is 2.50 bits per heavy atom. The first-order valence-electron chi connectivity index (χ1n) is 4.16. The van der Waals surface area contributed by atoms with Gasteiger partial charge in [0.2, 0.25) is 0 Å². The standard InChI is InChI=1S/C11H13NO.ClH/c1-3-8-13-11-6-4-10(5-7-11)9-12-2;/h1,4-7,12H,8-9H2,2H3;1H. The summed E-state index contributed by atoms with van der Waals surface area (Å²) in [5.74, 6) is 3.24. The summed E-state index contributed by atoms with van der Waals surface area (Å²) in [5.41, 5.74) is 1.23.